The molecule has 3 fully saturated rings. The largest absolute Gasteiger partial charge is 0.497 e. The molecule has 2 aromatic rings. The summed E-state index contributed by atoms with van der Waals surface area (Å²) < 4.78 is 6.45. The van der Waals surface area contributed by atoms with E-state index in [-0.39, 0.29) is 23.8 Å². The van der Waals surface area contributed by atoms with Crippen LogP contribution in [0.5, 0.6) is 5.75 Å². The maximum atomic E-state index is 13.4. The average Bonchev–Trinajstić information content (AvgIpc) is 3.19. The van der Waals surface area contributed by atoms with Crippen LogP contribution in [0.2, 0.25) is 0 Å². The van der Waals surface area contributed by atoms with Gasteiger partial charge < -0.3 is 15.2 Å². The highest BCUT2D eigenvalue weighted by Gasteiger charge is 2.57. The van der Waals surface area contributed by atoms with Gasteiger partial charge >= 0.3 is 5.97 Å². The van der Waals surface area contributed by atoms with Crippen LogP contribution in [0.1, 0.15) is 62.7 Å². The highest BCUT2D eigenvalue weighted by Crippen LogP contribution is 2.61. The Morgan fingerprint density at radius 1 is 1.28 bits per heavy atom. The van der Waals surface area contributed by atoms with Gasteiger partial charge in [0.15, 0.2) is 0 Å². The molecular formula is C26H33NO4S. The lowest BCUT2D eigenvalue weighted by Gasteiger charge is -2.62. The normalized spacial score (nSPS) is 26.1. The van der Waals surface area contributed by atoms with Crippen molar-refractivity contribution in [1.82, 2.24) is 5.32 Å². The van der Waals surface area contributed by atoms with Gasteiger partial charge in [-0.25, -0.2) is 0 Å². The Morgan fingerprint density at radius 3 is 2.81 bits per heavy atom. The molecule has 1 heterocycles. The number of amides is 1. The predicted octanol–water partition coefficient (Wildman–Crippen LogP) is 5.89. The number of allylic oxidation sites excluding steroid dienone is 2. The Labute approximate surface area is 193 Å². The summed E-state index contributed by atoms with van der Waals surface area (Å²) in [5.74, 6) is 1.66. The Balaban J connectivity index is 1.47. The molecule has 6 heteroatoms. The summed E-state index contributed by atoms with van der Waals surface area (Å²) in [5, 5.41) is 15.1. The molecule has 0 spiro atoms. The van der Waals surface area contributed by atoms with Crippen LogP contribution in [-0.2, 0) is 4.79 Å². The fraction of sp³-hybridized carbons (Fsp3) is 0.538. The summed E-state index contributed by atoms with van der Waals surface area (Å²) in [6, 6.07) is 6.04. The van der Waals surface area contributed by atoms with Crippen molar-refractivity contribution in [3.05, 3.63) is 41.3 Å². The van der Waals surface area contributed by atoms with Crippen molar-refractivity contribution in [2.75, 3.05) is 7.11 Å². The quantitative estimate of drug-likeness (QED) is 0.365. The summed E-state index contributed by atoms with van der Waals surface area (Å²) in [6.45, 7) is 4.68. The van der Waals surface area contributed by atoms with Crippen molar-refractivity contribution >= 4 is 33.3 Å². The first-order chi connectivity index (χ1) is 15.3. The van der Waals surface area contributed by atoms with E-state index >= 15 is 0 Å². The zero-order valence-electron chi connectivity index (χ0n) is 19.1. The standard InChI is InChI=1S/C26H33NO4S/c1-26(2)17-12-16(8-6-4-5-7-9-23(28)29)24(21(26)13-17)27-25(30)20-15-32-22-11-10-18(31-3)14-19(20)22/h4,6,10-11,14-17,21,24H,5,7-9,12-13H2,1-3H3,(H,27,30)(H,28,29)/t16-,17+,21+,24?/m0/s1. The highest BCUT2D eigenvalue weighted by molar-refractivity contribution is 7.17. The Bertz CT molecular complexity index is 1020. The number of methoxy groups -OCH3 is 1. The molecule has 172 valence electrons. The monoisotopic (exact) mass is 455 g/mol. The number of unbranched alkanes of at least 4 members (excludes halogenated alkanes) is 1. The first-order valence-corrected chi connectivity index (χ1v) is 12.4. The average molecular weight is 456 g/mol. The number of benzene rings is 1. The van der Waals surface area contributed by atoms with Crippen LogP contribution in [0, 0.1) is 23.2 Å². The van der Waals surface area contributed by atoms with E-state index in [4.69, 9.17) is 9.84 Å². The molecule has 0 saturated heterocycles. The van der Waals surface area contributed by atoms with Crippen LogP contribution >= 0.6 is 11.3 Å². The van der Waals surface area contributed by atoms with Crippen LogP contribution in [0.15, 0.2) is 35.7 Å². The fourth-order valence-electron chi connectivity index (χ4n) is 5.67. The maximum Gasteiger partial charge on any atom is 0.303 e. The number of carboxylic acid groups (broad SMARTS) is 1. The molecule has 5 rings (SSSR count). The molecule has 2 bridgehead atoms. The second-order valence-electron chi connectivity index (χ2n) is 9.86. The molecule has 1 unspecified atom stereocenters. The summed E-state index contributed by atoms with van der Waals surface area (Å²) in [4.78, 5) is 24.0. The molecular weight excluding hydrogens is 422 g/mol. The molecule has 32 heavy (non-hydrogen) atoms. The Kier molecular flexibility index (Phi) is 6.61. The zero-order valence-corrected chi connectivity index (χ0v) is 19.9. The van der Waals surface area contributed by atoms with E-state index in [1.165, 1.54) is 6.42 Å². The minimum absolute atomic E-state index is 0.00564. The van der Waals surface area contributed by atoms with Gasteiger partial charge in [0.1, 0.15) is 5.75 Å². The smallest absolute Gasteiger partial charge is 0.303 e. The fourth-order valence-corrected chi connectivity index (χ4v) is 6.59. The van der Waals surface area contributed by atoms with E-state index in [9.17, 15) is 9.59 Å². The first-order valence-electron chi connectivity index (χ1n) is 11.5. The van der Waals surface area contributed by atoms with Gasteiger partial charge in [0.25, 0.3) is 5.91 Å². The molecule has 1 aromatic carbocycles. The maximum absolute atomic E-state index is 13.4. The lowest BCUT2D eigenvalue weighted by Crippen LogP contribution is -2.63. The van der Waals surface area contributed by atoms with Crippen molar-refractivity contribution in [2.45, 2.75) is 58.4 Å². The second-order valence-corrected chi connectivity index (χ2v) is 10.8. The third kappa shape index (κ3) is 4.42. The van der Waals surface area contributed by atoms with Crippen LogP contribution in [-0.4, -0.2) is 30.1 Å². The molecule has 4 atom stereocenters. The van der Waals surface area contributed by atoms with E-state index in [0.29, 0.717) is 18.3 Å². The Hall–Kier alpha value is -2.34. The van der Waals surface area contributed by atoms with Gasteiger partial charge in [-0.1, -0.05) is 26.0 Å². The minimum Gasteiger partial charge on any atom is -0.497 e. The topological polar surface area (TPSA) is 75.6 Å². The van der Waals surface area contributed by atoms with E-state index in [2.05, 4.69) is 31.3 Å². The lowest BCUT2D eigenvalue weighted by molar-refractivity contribution is -0.137. The van der Waals surface area contributed by atoms with E-state index in [0.717, 1.165) is 46.6 Å². The summed E-state index contributed by atoms with van der Waals surface area (Å²) >= 11 is 1.59. The predicted molar refractivity (Wildman–Crippen MR) is 128 cm³/mol. The van der Waals surface area contributed by atoms with E-state index in [1.807, 2.05) is 23.6 Å². The number of carbonyl (C=O) groups is 2. The number of hydrogen-bond acceptors (Lipinski definition) is 4. The second kappa shape index (κ2) is 9.26. The molecule has 3 aliphatic carbocycles. The van der Waals surface area contributed by atoms with Gasteiger partial charge in [0.2, 0.25) is 0 Å². The summed E-state index contributed by atoms with van der Waals surface area (Å²) in [7, 11) is 1.64. The number of fused-ring (bicyclic) bond motifs is 3. The highest BCUT2D eigenvalue weighted by atomic mass is 32.1. The number of thiophene rings is 1. The third-order valence-corrected chi connectivity index (χ3v) is 8.73. The summed E-state index contributed by atoms with van der Waals surface area (Å²) in [6.07, 6.45) is 9.21. The van der Waals surface area contributed by atoms with Gasteiger partial charge in [-0.15, -0.1) is 11.3 Å². The molecule has 5 nitrogen and oxygen atoms in total. The van der Waals surface area contributed by atoms with Gasteiger partial charge in [0.05, 0.1) is 12.7 Å². The van der Waals surface area contributed by atoms with Crippen molar-refractivity contribution in [1.29, 1.82) is 0 Å². The number of rotatable bonds is 9. The number of nitrogens with one attached hydrogen (secondary N) is 1. The molecule has 0 aliphatic heterocycles. The van der Waals surface area contributed by atoms with Gasteiger partial charge in [-0.3, -0.25) is 9.59 Å². The van der Waals surface area contributed by atoms with Crippen molar-refractivity contribution in [3.63, 3.8) is 0 Å². The minimum atomic E-state index is -0.741. The van der Waals surface area contributed by atoms with E-state index in [1.54, 1.807) is 18.4 Å². The number of hydrogen-bond donors (Lipinski definition) is 2. The molecule has 1 amide bonds. The van der Waals surface area contributed by atoms with Crippen LogP contribution in [0.4, 0.5) is 0 Å². The van der Waals surface area contributed by atoms with Crippen LogP contribution in [0.25, 0.3) is 10.1 Å². The number of carboxylic acids is 1. The molecule has 2 N–H and O–H groups in total. The molecule has 3 saturated carbocycles. The van der Waals surface area contributed by atoms with Crippen molar-refractivity contribution < 1.29 is 19.4 Å². The number of aliphatic carboxylic acids is 1. The molecule has 3 aliphatic rings. The molecule has 0 radical (unpaired) electrons. The lowest BCUT2D eigenvalue weighted by atomic mass is 9.44. The molecule has 1 aromatic heterocycles. The van der Waals surface area contributed by atoms with Crippen molar-refractivity contribution in [3.8, 4) is 5.75 Å². The SMILES string of the molecule is COc1ccc2scc(C(=O)NC3[C@@H](CC=CCCCC(=O)O)C[C@@H]4C[C@H]3C4(C)C)c2c1. The van der Waals surface area contributed by atoms with Crippen molar-refractivity contribution in [2.24, 2.45) is 23.2 Å². The van der Waals surface area contributed by atoms with Crippen LogP contribution in [0.3, 0.4) is 0 Å². The first kappa shape index (κ1) is 22.8. The van der Waals surface area contributed by atoms with E-state index < -0.39 is 5.97 Å². The van der Waals surface area contributed by atoms with Crippen LogP contribution < -0.4 is 10.1 Å². The zero-order chi connectivity index (χ0) is 22.9. The van der Waals surface area contributed by atoms with Gasteiger partial charge in [-0.05, 0) is 73.5 Å². The third-order valence-electron chi connectivity index (χ3n) is 7.76. The van der Waals surface area contributed by atoms with Gasteiger partial charge in [0, 0.05) is 27.9 Å². The summed E-state index contributed by atoms with van der Waals surface area (Å²) in [5.41, 5.74) is 0.991. The van der Waals surface area contributed by atoms with Gasteiger partial charge in [-0.2, -0.15) is 0 Å². The Morgan fingerprint density at radius 2 is 2.09 bits per heavy atom. The number of ether oxygens (including phenoxy) is 1. The number of carbonyl (C=O) groups excluding carboxylic acids is 1.